The maximum Gasteiger partial charge on any atom is 0.170 e. The Kier molecular flexibility index (Phi) is 3.21. The quantitative estimate of drug-likeness (QED) is 0.407. The Hall–Kier alpha value is 0.475. The second-order valence-electron chi connectivity index (χ2n) is 2.23. The molecule has 0 amide bonds. The molecule has 2 unspecified atom stereocenters. The van der Waals surface area contributed by atoms with Crippen molar-refractivity contribution in [2.75, 3.05) is 18.1 Å². The van der Waals surface area contributed by atoms with E-state index < -0.39 is 0 Å². The highest BCUT2D eigenvalue weighted by Crippen LogP contribution is 2.19. The fourth-order valence-corrected chi connectivity index (χ4v) is 2.67. The molecular formula is C5H9BNOPS. The molecule has 0 bridgehead atoms. The van der Waals surface area contributed by atoms with E-state index in [1.807, 2.05) is 4.67 Å². The van der Waals surface area contributed by atoms with E-state index in [1.165, 1.54) is 0 Å². The summed E-state index contributed by atoms with van der Waals surface area (Å²) in [6.45, 7) is 0.933. The first-order valence-corrected chi connectivity index (χ1v) is 4.77. The molecule has 1 saturated heterocycles. The predicted molar refractivity (Wildman–Crippen MR) is 48.3 cm³/mol. The monoisotopic (exact) mass is 173 g/mol. The minimum Gasteiger partial charge on any atom is -0.311 e. The van der Waals surface area contributed by atoms with Gasteiger partial charge in [-0.15, -0.1) is 0 Å². The van der Waals surface area contributed by atoms with E-state index in [9.17, 15) is 4.79 Å². The summed E-state index contributed by atoms with van der Waals surface area (Å²) in [4.78, 5) is 10.7. The Bertz CT molecular complexity index is 146. The molecule has 54 valence electrons. The average Bonchev–Trinajstić information content (AvgIpc) is 1.88. The Labute approximate surface area is 68.8 Å². The highest BCUT2D eigenvalue weighted by Gasteiger charge is 2.22. The van der Waals surface area contributed by atoms with Crippen LogP contribution in [0, 0.1) is 0 Å². The van der Waals surface area contributed by atoms with Crippen LogP contribution in [0.3, 0.4) is 0 Å². The van der Waals surface area contributed by atoms with Crippen LogP contribution >= 0.6 is 21.2 Å². The highest BCUT2D eigenvalue weighted by molar-refractivity contribution is 7.99. The van der Waals surface area contributed by atoms with Crippen molar-refractivity contribution in [1.82, 2.24) is 4.67 Å². The lowest BCUT2D eigenvalue weighted by molar-refractivity contribution is -0.114. The van der Waals surface area contributed by atoms with Crippen molar-refractivity contribution in [1.29, 1.82) is 0 Å². The smallest absolute Gasteiger partial charge is 0.170 e. The van der Waals surface area contributed by atoms with Crippen LogP contribution in [0.2, 0.25) is 0 Å². The van der Waals surface area contributed by atoms with Gasteiger partial charge in [-0.05, 0) is 0 Å². The zero-order chi connectivity index (χ0) is 7.56. The third kappa shape index (κ3) is 1.98. The number of carbonyl (C=O) groups is 1. The number of thioether (sulfide) groups is 1. The van der Waals surface area contributed by atoms with Gasteiger partial charge < -0.3 is 4.79 Å². The van der Waals surface area contributed by atoms with E-state index >= 15 is 0 Å². The molecule has 0 aromatic rings. The van der Waals surface area contributed by atoms with Crippen molar-refractivity contribution in [3.63, 3.8) is 0 Å². The molecule has 2 atom stereocenters. The van der Waals surface area contributed by atoms with Gasteiger partial charge in [0.15, 0.2) is 7.85 Å². The van der Waals surface area contributed by atoms with Crippen LogP contribution in [0.5, 0.6) is 0 Å². The van der Waals surface area contributed by atoms with Crippen LogP contribution in [0.4, 0.5) is 0 Å². The van der Waals surface area contributed by atoms with Crippen LogP contribution in [0.1, 0.15) is 0 Å². The molecule has 1 rings (SSSR count). The largest absolute Gasteiger partial charge is 0.311 e. The maximum absolute atomic E-state index is 10.7. The molecule has 5 heteroatoms. The molecule has 0 N–H and O–H groups in total. The summed E-state index contributed by atoms with van der Waals surface area (Å²) in [5.74, 6) is 1.92. The molecule has 2 nitrogen and oxygen atoms in total. The zero-order valence-corrected chi connectivity index (χ0v) is 7.59. The van der Waals surface area contributed by atoms with E-state index in [2.05, 4.69) is 9.39 Å². The van der Waals surface area contributed by atoms with E-state index in [0.29, 0.717) is 0 Å². The summed E-state index contributed by atoms with van der Waals surface area (Å²) in [6, 6.07) is -0.0799. The van der Waals surface area contributed by atoms with Crippen LogP contribution in [-0.4, -0.2) is 42.3 Å². The molecule has 1 aliphatic rings. The van der Waals surface area contributed by atoms with Gasteiger partial charge in [-0.25, -0.2) is 0 Å². The van der Waals surface area contributed by atoms with Gasteiger partial charge in [-0.3, -0.25) is 4.67 Å². The van der Waals surface area contributed by atoms with Gasteiger partial charge >= 0.3 is 0 Å². The lowest BCUT2D eigenvalue weighted by atomic mass is 9.96. The number of carbonyl (C=O) groups excluding carboxylic acids is 1. The van der Waals surface area contributed by atoms with E-state index in [-0.39, 0.29) is 11.7 Å². The van der Waals surface area contributed by atoms with Gasteiger partial charge in [-0.2, -0.15) is 11.8 Å². The summed E-state index contributed by atoms with van der Waals surface area (Å²) in [7, 11) is 7.68. The topological polar surface area (TPSA) is 20.3 Å². The first-order valence-electron chi connectivity index (χ1n) is 3.10. The fourth-order valence-electron chi connectivity index (χ4n) is 0.862. The van der Waals surface area contributed by atoms with Crippen LogP contribution in [0.15, 0.2) is 0 Å². The number of hydrogen-bond donors (Lipinski definition) is 0. The lowest BCUT2D eigenvalue weighted by Crippen LogP contribution is -2.41. The predicted octanol–water partition coefficient (Wildman–Crippen LogP) is -0.111. The Morgan fingerprint density at radius 2 is 2.50 bits per heavy atom. The van der Waals surface area contributed by atoms with Crippen LogP contribution in [0.25, 0.3) is 0 Å². The van der Waals surface area contributed by atoms with Crippen molar-refractivity contribution < 1.29 is 4.79 Å². The Balaban J connectivity index is 2.47. The van der Waals surface area contributed by atoms with Crippen molar-refractivity contribution in [3.8, 4) is 0 Å². The normalized spacial score (nSPS) is 28.3. The van der Waals surface area contributed by atoms with Gasteiger partial charge in [-0.1, -0.05) is 9.39 Å². The number of rotatable bonds is 1. The number of hydrogen-bond acceptors (Lipinski definition) is 3. The van der Waals surface area contributed by atoms with Gasteiger partial charge in [0.05, 0.1) is 11.7 Å². The van der Waals surface area contributed by atoms with Gasteiger partial charge in [0.25, 0.3) is 0 Å². The maximum atomic E-state index is 10.7. The standard InChI is InChI=1S/C5H9BNOPS/c6-5(8)4-3-10-2-1-7(4)9/h4H,1-3,9H2. The Morgan fingerprint density at radius 1 is 1.80 bits per heavy atom. The van der Waals surface area contributed by atoms with Gasteiger partial charge in [0.1, 0.15) is 0 Å². The minimum absolute atomic E-state index is 0.0799. The highest BCUT2D eigenvalue weighted by atomic mass is 32.2. The summed E-state index contributed by atoms with van der Waals surface area (Å²) < 4.78 is 1.93. The summed E-state index contributed by atoms with van der Waals surface area (Å²) >= 11 is 1.78. The van der Waals surface area contributed by atoms with E-state index in [0.717, 1.165) is 18.1 Å². The summed E-state index contributed by atoms with van der Waals surface area (Å²) in [5.41, 5.74) is -0.220. The third-order valence-corrected chi connectivity index (χ3v) is 3.14. The molecular weight excluding hydrogens is 164 g/mol. The van der Waals surface area contributed by atoms with Gasteiger partial charge in [0.2, 0.25) is 0 Å². The van der Waals surface area contributed by atoms with Crippen LogP contribution in [-0.2, 0) is 4.79 Å². The SMILES string of the molecule is [B]C(=O)C1CSCCN1P. The minimum atomic E-state index is -0.220. The Morgan fingerprint density at radius 3 is 2.90 bits per heavy atom. The second-order valence-corrected chi connectivity index (χ2v) is 4.04. The molecule has 1 aliphatic heterocycles. The van der Waals surface area contributed by atoms with Crippen molar-refractivity contribution in [2.45, 2.75) is 6.04 Å². The molecule has 1 fully saturated rings. The molecule has 2 radical (unpaired) electrons. The van der Waals surface area contributed by atoms with Crippen LogP contribution < -0.4 is 0 Å². The molecule has 10 heavy (non-hydrogen) atoms. The summed E-state index contributed by atoms with van der Waals surface area (Å²) in [6.07, 6.45) is 0. The molecule has 0 aliphatic carbocycles. The number of nitrogens with zero attached hydrogens (tertiary/aromatic N) is 1. The fraction of sp³-hybridized carbons (Fsp3) is 0.800. The van der Waals surface area contributed by atoms with E-state index in [1.54, 1.807) is 11.8 Å². The molecule has 0 saturated carbocycles. The van der Waals surface area contributed by atoms with Crippen molar-refractivity contribution in [2.24, 2.45) is 0 Å². The molecule has 0 aromatic carbocycles. The van der Waals surface area contributed by atoms with Crippen molar-refractivity contribution in [3.05, 3.63) is 0 Å². The summed E-state index contributed by atoms with van der Waals surface area (Å²) in [5, 5.41) is 0. The molecule has 0 aromatic heterocycles. The van der Waals surface area contributed by atoms with Crippen molar-refractivity contribution >= 4 is 34.7 Å². The third-order valence-electron chi connectivity index (χ3n) is 1.50. The van der Waals surface area contributed by atoms with E-state index in [4.69, 9.17) is 7.85 Å². The molecule has 1 heterocycles. The second kappa shape index (κ2) is 3.75. The van der Waals surface area contributed by atoms with Gasteiger partial charge in [0, 0.05) is 18.1 Å². The first-order chi connectivity index (χ1) is 4.72. The zero-order valence-electron chi connectivity index (χ0n) is 5.62. The average molecular weight is 173 g/mol. The first kappa shape index (κ1) is 8.57. The lowest BCUT2D eigenvalue weighted by Gasteiger charge is -2.29. The molecule has 0 spiro atoms.